The molecule has 1 aliphatic heterocycles. The molecule has 0 aliphatic carbocycles. The molecule has 0 aromatic rings. The van der Waals surface area contributed by atoms with Crippen LogP contribution >= 0.6 is 23.5 Å². The van der Waals surface area contributed by atoms with Gasteiger partial charge in [0.1, 0.15) is 0 Å². The van der Waals surface area contributed by atoms with Gasteiger partial charge in [-0.25, -0.2) is 4.79 Å². The summed E-state index contributed by atoms with van der Waals surface area (Å²) in [6.45, 7) is 14.1. The number of carbonyl (C=O) groups is 2. The lowest BCUT2D eigenvalue weighted by Gasteiger charge is -2.43. The number of carbonyl (C=O) groups excluding carboxylic acids is 2. The van der Waals surface area contributed by atoms with Gasteiger partial charge in [0.2, 0.25) is 0 Å². The topological polar surface area (TPSA) is 52.6 Å². The lowest BCUT2D eigenvalue weighted by atomic mass is 9.61. The molecule has 0 aromatic carbocycles. The van der Waals surface area contributed by atoms with E-state index in [1.165, 1.54) is 0 Å². The van der Waals surface area contributed by atoms with Gasteiger partial charge in [-0.05, 0) is 24.2 Å². The third-order valence-corrected chi connectivity index (χ3v) is 6.93. The molecule has 0 spiro atoms. The average Bonchev–Trinajstić information content (AvgIpc) is 2.42. The van der Waals surface area contributed by atoms with Crippen molar-refractivity contribution in [2.24, 2.45) is 16.2 Å². The van der Waals surface area contributed by atoms with Crippen molar-refractivity contribution >= 4 is 35.5 Å². The largest absolute Gasteiger partial charge is 0.453 e. The molecular formula is C18H32O4S2. The van der Waals surface area contributed by atoms with Crippen molar-refractivity contribution in [3.63, 3.8) is 0 Å². The predicted molar refractivity (Wildman–Crippen MR) is 102 cm³/mol. The molecule has 1 saturated heterocycles. The maximum Gasteiger partial charge on any atom is 0.345 e. The summed E-state index contributed by atoms with van der Waals surface area (Å²) < 4.78 is 10.7. The van der Waals surface area contributed by atoms with E-state index in [4.69, 9.17) is 9.47 Å². The first-order valence-electron chi connectivity index (χ1n) is 8.41. The van der Waals surface area contributed by atoms with Gasteiger partial charge in [0.25, 0.3) is 0 Å². The van der Waals surface area contributed by atoms with Gasteiger partial charge in [-0.2, -0.15) is 11.8 Å². The second kappa shape index (κ2) is 8.35. The van der Waals surface area contributed by atoms with Gasteiger partial charge >= 0.3 is 11.9 Å². The minimum atomic E-state index is -0.666. The standard InChI is InChI=1S/C18H32O4S2/c1-16(2,3)12-18(7,17(4,5)6)15(20)21-10-13(19)22-14-11-23-8-9-24-14/h14H,8-12H2,1-7H3. The van der Waals surface area contributed by atoms with Crippen LogP contribution in [0.15, 0.2) is 0 Å². The molecule has 1 aliphatic rings. The Labute approximate surface area is 155 Å². The first kappa shape index (κ1) is 21.7. The van der Waals surface area contributed by atoms with E-state index in [1.807, 2.05) is 27.7 Å². The number of hydrogen-bond donors (Lipinski definition) is 0. The summed E-state index contributed by atoms with van der Waals surface area (Å²) in [5.41, 5.74) is -1.08. The zero-order valence-electron chi connectivity index (χ0n) is 16.1. The van der Waals surface area contributed by atoms with E-state index in [2.05, 4.69) is 20.8 Å². The van der Waals surface area contributed by atoms with Gasteiger partial charge in [0.05, 0.1) is 5.41 Å². The van der Waals surface area contributed by atoms with E-state index in [1.54, 1.807) is 23.5 Å². The maximum absolute atomic E-state index is 12.7. The zero-order valence-corrected chi connectivity index (χ0v) is 17.7. The molecule has 4 nitrogen and oxygen atoms in total. The molecule has 0 radical (unpaired) electrons. The number of hydrogen-bond acceptors (Lipinski definition) is 6. The molecule has 1 heterocycles. The van der Waals surface area contributed by atoms with E-state index >= 15 is 0 Å². The fourth-order valence-electron chi connectivity index (χ4n) is 2.70. The van der Waals surface area contributed by atoms with Crippen LogP contribution in [0.3, 0.4) is 0 Å². The van der Waals surface area contributed by atoms with Crippen LogP contribution in [0.2, 0.25) is 0 Å². The third kappa shape index (κ3) is 6.51. The first-order chi connectivity index (χ1) is 10.8. The van der Waals surface area contributed by atoms with E-state index < -0.39 is 11.4 Å². The summed E-state index contributed by atoms with van der Waals surface area (Å²) in [6, 6.07) is 0. The lowest BCUT2D eigenvalue weighted by Crippen LogP contribution is -2.45. The molecule has 0 bridgehead atoms. The molecule has 0 aromatic heterocycles. The second-order valence-corrected chi connectivity index (χ2v) is 11.2. The zero-order chi connectivity index (χ0) is 18.6. The molecule has 140 valence electrons. The Morgan fingerprint density at radius 2 is 1.67 bits per heavy atom. The van der Waals surface area contributed by atoms with Crippen LogP contribution in [-0.2, 0) is 19.1 Å². The quantitative estimate of drug-likeness (QED) is 0.664. The van der Waals surface area contributed by atoms with Crippen molar-refractivity contribution in [2.45, 2.75) is 60.3 Å². The van der Waals surface area contributed by atoms with Crippen molar-refractivity contribution in [1.29, 1.82) is 0 Å². The summed E-state index contributed by atoms with van der Waals surface area (Å²) in [5.74, 6) is 2.08. The Balaban J connectivity index is 2.63. The highest BCUT2D eigenvalue weighted by molar-refractivity contribution is 8.06. The number of esters is 2. The molecule has 0 amide bonds. The Morgan fingerprint density at radius 3 is 2.12 bits per heavy atom. The minimum absolute atomic E-state index is 0.0163. The van der Waals surface area contributed by atoms with Gasteiger partial charge in [-0.15, -0.1) is 11.8 Å². The molecule has 2 atom stereocenters. The lowest BCUT2D eigenvalue weighted by molar-refractivity contribution is -0.172. The molecular weight excluding hydrogens is 344 g/mol. The van der Waals surface area contributed by atoms with E-state index in [0.29, 0.717) is 6.42 Å². The van der Waals surface area contributed by atoms with Crippen molar-refractivity contribution in [2.75, 3.05) is 23.9 Å². The van der Waals surface area contributed by atoms with Crippen LogP contribution in [0.1, 0.15) is 54.9 Å². The highest BCUT2D eigenvalue weighted by Crippen LogP contribution is 2.47. The molecule has 1 fully saturated rings. The normalized spacial score (nSPS) is 21.7. The minimum Gasteiger partial charge on any atom is -0.453 e. The summed E-state index contributed by atoms with van der Waals surface area (Å²) in [5, 5.41) is 0. The van der Waals surface area contributed by atoms with Crippen molar-refractivity contribution < 1.29 is 19.1 Å². The van der Waals surface area contributed by atoms with Gasteiger partial charge in [-0.1, -0.05) is 41.5 Å². The molecule has 24 heavy (non-hydrogen) atoms. The SMILES string of the molecule is CC(C)(C)CC(C)(C(=O)OCC(=O)OC1CSCCS1)C(C)(C)C. The van der Waals surface area contributed by atoms with Crippen molar-refractivity contribution in [3.8, 4) is 0 Å². The molecule has 0 N–H and O–H groups in total. The van der Waals surface area contributed by atoms with Crippen LogP contribution in [0, 0.1) is 16.2 Å². The Morgan fingerprint density at radius 1 is 1.04 bits per heavy atom. The van der Waals surface area contributed by atoms with Crippen LogP contribution in [0.5, 0.6) is 0 Å². The van der Waals surface area contributed by atoms with Gasteiger partial charge in [0, 0.05) is 17.3 Å². The third-order valence-electron chi connectivity index (χ3n) is 4.36. The molecule has 1 rings (SSSR count). The monoisotopic (exact) mass is 376 g/mol. The van der Waals surface area contributed by atoms with Gasteiger partial charge in [0.15, 0.2) is 12.0 Å². The number of rotatable bonds is 5. The second-order valence-electron chi connectivity index (χ2n) is 8.76. The summed E-state index contributed by atoms with van der Waals surface area (Å²) in [6.07, 6.45) is 0.687. The van der Waals surface area contributed by atoms with Crippen LogP contribution < -0.4 is 0 Å². The van der Waals surface area contributed by atoms with Gasteiger partial charge in [-0.3, -0.25) is 4.79 Å². The van der Waals surface area contributed by atoms with E-state index in [-0.39, 0.29) is 28.8 Å². The Bertz CT molecular complexity index is 445. The maximum atomic E-state index is 12.7. The molecule has 0 saturated carbocycles. The van der Waals surface area contributed by atoms with Crippen LogP contribution in [0.25, 0.3) is 0 Å². The summed E-state index contributed by atoms with van der Waals surface area (Å²) in [4.78, 5) is 24.7. The average molecular weight is 377 g/mol. The fourth-order valence-corrected chi connectivity index (χ4v) is 5.10. The Hall–Kier alpha value is -0.360. The van der Waals surface area contributed by atoms with Crippen LogP contribution in [-0.4, -0.2) is 41.2 Å². The molecule has 2 unspecified atom stereocenters. The van der Waals surface area contributed by atoms with Crippen LogP contribution in [0.4, 0.5) is 0 Å². The Kier molecular flexibility index (Phi) is 7.54. The highest BCUT2D eigenvalue weighted by atomic mass is 32.2. The number of ether oxygens (including phenoxy) is 2. The predicted octanol–water partition coefficient (Wildman–Crippen LogP) is 4.37. The van der Waals surface area contributed by atoms with Crippen molar-refractivity contribution in [1.82, 2.24) is 0 Å². The molecule has 6 heteroatoms. The first-order valence-corrected chi connectivity index (χ1v) is 10.6. The summed E-state index contributed by atoms with van der Waals surface area (Å²) in [7, 11) is 0. The summed E-state index contributed by atoms with van der Waals surface area (Å²) >= 11 is 3.42. The smallest absolute Gasteiger partial charge is 0.345 e. The van der Waals surface area contributed by atoms with Crippen molar-refractivity contribution in [3.05, 3.63) is 0 Å². The van der Waals surface area contributed by atoms with E-state index in [0.717, 1.165) is 17.3 Å². The number of thioether (sulfide) groups is 2. The van der Waals surface area contributed by atoms with Gasteiger partial charge < -0.3 is 9.47 Å². The fraction of sp³-hybridized carbons (Fsp3) is 0.889. The highest BCUT2D eigenvalue weighted by Gasteiger charge is 2.47. The van der Waals surface area contributed by atoms with E-state index in [9.17, 15) is 9.59 Å².